The van der Waals surface area contributed by atoms with Crippen molar-refractivity contribution >= 4 is 56.8 Å². The SMILES string of the molecule is CCc1ccc2nc(N(CCN(CC)CC)C(=O)C=Cc3ccc([N+](=O)[O-])cc3)sc2c1.Cl. The van der Waals surface area contributed by atoms with Crippen molar-refractivity contribution < 1.29 is 9.72 Å². The Morgan fingerprint density at radius 2 is 1.79 bits per heavy atom. The van der Waals surface area contributed by atoms with Crippen LogP contribution in [0, 0.1) is 10.1 Å². The third kappa shape index (κ3) is 6.83. The number of halogens is 1. The number of thiazole rings is 1. The molecule has 9 heteroatoms. The van der Waals surface area contributed by atoms with Crippen molar-refractivity contribution in [3.63, 3.8) is 0 Å². The minimum Gasteiger partial charge on any atom is -0.302 e. The first-order valence-corrected chi connectivity index (χ1v) is 11.6. The minimum atomic E-state index is -0.440. The molecule has 1 aromatic heterocycles. The molecule has 0 atom stereocenters. The van der Waals surface area contributed by atoms with E-state index in [4.69, 9.17) is 4.98 Å². The quantitative estimate of drug-likeness (QED) is 0.211. The maximum atomic E-state index is 13.2. The van der Waals surface area contributed by atoms with Crippen LogP contribution < -0.4 is 4.90 Å². The average Bonchev–Trinajstić information content (AvgIpc) is 3.23. The molecule has 2 aromatic carbocycles. The van der Waals surface area contributed by atoms with Crippen LogP contribution in [0.2, 0.25) is 0 Å². The lowest BCUT2D eigenvalue weighted by Crippen LogP contribution is -2.38. The first kappa shape index (κ1) is 26.4. The fourth-order valence-electron chi connectivity index (χ4n) is 3.34. The number of rotatable bonds is 10. The van der Waals surface area contributed by atoms with E-state index in [0.29, 0.717) is 11.7 Å². The molecule has 7 nitrogen and oxygen atoms in total. The first-order valence-electron chi connectivity index (χ1n) is 10.8. The highest BCUT2D eigenvalue weighted by Crippen LogP contribution is 2.30. The summed E-state index contributed by atoms with van der Waals surface area (Å²) in [6, 6.07) is 12.3. The molecule has 0 aliphatic heterocycles. The lowest BCUT2D eigenvalue weighted by molar-refractivity contribution is -0.384. The lowest BCUT2D eigenvalue weighted by atomic mass is 10.2. The number of nitro groups is 1. The number of amides is 1. The topological polar surface area (TPSA) is 79.6 Å². The van der Waals surface area contributed by atoms with Gasteiger partial charge in [-0.2, -0.15) is 0 Å². The zero-order valence-electron chi connectivity index (χ0n) is 19.1. The maximum Gasteiger partial charge on any atom is 0.269 e. The molecule has 0 aliphatic rings. The van der Waals surface area contributed by atoms with Crippen molar-refractivity contribution in [2.24, 2.45) is 0 Å². The standard InChI is InChI=1S/C24H28N4O3S.ClH/c1-4-18-9-13-21-22(17-18)32-24(25-21)27(16-15-26(5-2)6-3)23(29)14-10-19-7-11-20(12-8-19)28(30)31;/h7-14,17H,4-6,15-16H2,1-3H3;1H. The van der Waals surface area contributed by atoms with Crippen LogP contribution in [0.3, 0.4) is 0 Å². The Balaban J connectivity index is 0.00000385. The molecule has 176 valence electrons. The van der Waals surface area contributed by atoms with E-state index in [2.05, 4.69) is 37.8 Å². The Morgan fingerprint density at radius 3 is 2.39 bits per heavy atom. The van der Waals surface area contributed by atoms with Gasteiger partial charge in [0.2, 0.25) is 0 Å². The molecule has 0 saturated heterocycles. The number of nitro benzene ring substituents is 1. The van der Waals surface area contributed by atoms with Crippen molar-refractivity contribution in [3.8, 4) is 0 Å². The zero-order chi connectivity index (χ0) is 23.1. The van der Waals surface area contributed by atoms with Gasteiger partial charge in [0, 0.05) is 31.3 Å². The number of fused-ring (bicyclic) bond motifs is 1. The number of carbonyl (C=O) groups excluding carboxylic acids is 1. The fraction of sp³-hybridized carbons (Fsp3) is 0.333. The number of likely N-dealkylation sites (N-methyl/N-ethyl adjacent to an activating group) is 1. The van der Waals surface area contributed by atoms with E-state index >= 15 is 0 Å². The molecule has 0 unspecified atom stereocenters. The van der Waals surface area contributed by atoms with Crippen LogP contribution in [-0.2, 0) is 11.2 Å². The second-order valence-corrected chi connectivity index (χ2v) is 8.36. The molecular weight excluding hydrogens is 460 g/mol. The molecule has 3 rings (SSSR count). The molecule has 0 fully saturated rings. The van der Waals surface area contributed by atoms with Gasteiger partial charge in [-0.1, -0.05) is 38.2 Å². The number of non-ortho nitro benzene ring substituents is 1. The van der Waals surface area contributed by atoms with Gasteiger partial charge in [-0.3, -0.25) is 19.8 Å². The number of hydrogen-bond donors (Lipinski definition) is 0. The summed E-state index contributed by atoms with van der Waals surface area (Å²) in [5.41, 5.74) is 2.88. The third-order valence-corrected chi connectivity index (χ3v) is 6.44. The second-order valence-electron chi connectivity index (χ2n) is 7.35. The van der Waals surface area contributed by atoms with E-state index in [9.17, 15) is 14.9 Å². The number of nitrogens with zero attached hydrogens (tertiary/aromatic N) is 4. The molecule has 0 bridgehead atoms. The number of carbonyl (C=O) groups is 1. The summed E-state index contributed by atoms with van der Waals surface area (Å²) >= 11 is 1.52. The van der Waals surface area contributed by atoms with Crippen molar-refractivity contribution in [1.29, 1.82) is 0 Å². The summed E-state index contributed by atoms with van der Waals surface area (Å²) in [7, 11) is 0. The van der Waals surface area contributed by atoms with Crippen LogP contribution >= 0.6 is 23.7 Å². The van der Waals surface area contributed by atoms with Gasteiger partial charge >= 0.3 is 0 Å². The molecule has 0 saturated carbocycles. The maximum absolute atomic E-state index is 13.2. The highest BCUT2D eigenvalue weighted by molar-refractivity contribution is 7.22. The van der Waals surface area contributed by atoms with Gasteiger partial charge in [-0.25, -0.2) is 4.98 Å². The smallest absolute Gasteiger partial charge is 0.269 e. The molecular formula is C24H29ClN4O3S. The van der Waals surface area contributed by atoms with Crippen LogP contribution in [-0.4, -0.2) is 46.9 Å². The van der Waals surface area contributed by atoms with Crippen LogP contribution in [0.15, 0.2) is 48.5 Å². The van der Waals surface area contributed by atoms with Gasteiger partial charge in [-0.05, 0) is 61.0 Å². The van der Waals surface area contributed by atoms with Gasteiger partial charge < -0.3 is 4.90 Å². The molecule has 0 spiro atoms. The first-order chi connectivity index (χ1) is 15.4. The number of hydrogen-bond acceptors (Lipinski definition) is 6. The average molecular weight is 489 g/mol. The zero-order valence-corrected chi connectivity index (χ0v) is 20.7. The van der Waals surface area contributed by atoms with Crippen LogP contribution in [0.1, 0.15) is 31.9 Å². The number of aromatic nitrogens is 1. The fourth-order valence-corrected chi connectivity index (χ4v) is 4.40. The predicted molar refractivity (Wildman–Crippen MR) is 139 cm³/mol. The number of anilines is 1. The highest BCUT2D eigenvalue weighted by Gasteiger charge is 2.19. The summed E-state index contributed by atoms with van der Waals surface area (Å²) in [5.74, 6) is -0.162. The van der Waals surface area contributed by atoms with Gasteiger partial charge in [0.15, 0.2) is 5.13 Å². The molecule has 3 aromatic rings. The molecule has 0 radical (unpaired) electrons. The van der Waals surface area contributed by atoms with Crippen molar-refractivity contribution in [2.45, 2.75) is 27.2 Å². The highest BCUT2D eigenvalue weighted by atomic mass is 35.5. The summed E-state index contributed by atoms with van der Waals surface area (Å²) in [6.07, 6.45) is 4.14. The summed E-state index contributed by atoms with van der Waals surface area (Å²) < 4.78 is 1.07. The van der Waals surface area contributed by atoms with E-state index in [1.807, 2.05) is 6.07 Å². The van der Waals surface area contributed by atoms with Crippen LogP contribution in [0.4, 0.5) is 10.8 Å². The van der Waals surface area contributed by atoms with Crippen LogP contribution in [0.25, 0.3) is 16.3 Å². The Morgan fingerprint density at radius 1 is 1.09 bits per heavy atom. The van der Waals surface area contributed by atoms with Crippen molar-refractivity contribution in [3.05, 3.63) is 69.8 Å². The Labute approximate surface area is 204 Å². The van der Waals surface area contributed by atoms with E-state index in [1.54, 1.807) is 23.1 Å². The largest absolute Gasteiger partial charge is 0.302 e. The van der Waals surface area contributed by atoms with E-state index in [-0.39, 0.29) is 24.0 Å². The van der Waals surface area contributed by atoms with Crippen molar-refractivity contribution in [1.82, 2.24) is 9.88 Å². The molecule has 1 amide bonds. The molecule has 0 N–H and O–H groups in total. The molecule has 1 heterocycles. The second kappa shape index (κ2) is 12.4. The van der Waals surface area contributed by atoms with E-state index in [1.165, 1.54) is 35.1 Å². The molecule has 0 aliphatic carbocycles. The van der Waals surface area contributed by atoms with E-state index in [0.717, 1.165) is 41.8 Å². The van der Waals surface area contributed by atoms with Gasteiger partial charge in [0.25, 0.3) is 11.6 Å². The lowest BCUT2D eigenvalue weighted by Gasteiger charge is -2.23. The normalized spacial score (nSPS) is 11.2. The van der Waals surface area contributed by atoms with Crippen LogP contribution in [0.5, 0.6) is 0 Å². The van der Waals surface area contributed by atoms with E-state index < -0.39 is 4.92 Å². The number of benzene rings is 2. The number of aryl methyl sites for hydroxylation is 1. The Kier molecular flexibility index (Phi) is 9.96. The summed E-state index contributed by atoms with van der Waals surface area (Å²) in [6.45, 7) is 9.44. The minimum absolute atomic E-state index is 0. The Bertz CT molecular complexity index is 1110. The summed E-state index contributed by atoms with van der Waals surface area (Å²) in [5, 5.41) is 11.5. The van der Waals surface area contributed by atoms with Gasteiger partial charge in [-0.15, -0.1) is 12.4 Å². The van der Waals surface area contributed by atoms with Gasteiger partial charge in [0.05, 0.1) is 15.1 Å². The third-order valence-electron chi connectivity index (χ3n) is 5.40. The Hall–Kier alpha value is -2.81. The van der Waals surface area contributed by atoms with Crippen molar-refractivity contribution in [2.75, 3.05) is 31.1 Å². The monoisotopic (exact) mass is 488 g/mol. The predicted octanol–water partition coefficient (Wildman–Crippen LogP) is 5.58. The molecule has 33 heavy (non-hydrogen) atoms. The van der Waals surface area contributed by atoms with Gasteiger partial charge in [0.1, 0.15) is 0 Å². The summed E-state index contributed by atoms with van der Waals surface area (Å²) in [4.78, 5) is 32.3.